The number of nitrogens with zero attached hydrogens (tertiary/aromatic N) is 4. The zero-order valence-electron chi connectivity index (χ0n) is 17.9. The van der Waals surface area contributed by atoms with Crippen molar-refractivity contribution in [1.82, 2.24) is 25.0 Å². The monoisotopic (exact) mass is 423 g/mol. The number of rotatable bonds is 7. The van der Waals surface area contributed by atoms with E-state index in [0.29, 0.717) is 11.7 Å². The van der Waals surface area contributed by atoms with E-state index in [0.717, 1.165) is 60.6 Å². The smallest absolute Gasteiger partial charge is 0.274 e. The van der Waals surface area contributed by atoms with E-state index in [1.54, 1.807) is 30.3 Å². The molecule has 1 N–H and O–H groups in total. The van der Waals surface area contributed by atoms with E-state index in [2.05, 4.69) is 39.5 Å². The number of hydrogen-bond donors (Lipinski definition) is 1. The standard InChI is InChI=1S/C23H29N5OS/c1-4-12-28-20-11-10-17(13-18(20)22(26-28)23(29)27(2)3)24-14-21-25-19(15-30-21)16-8-6-5-7-9-16/h5-9,15,17,24H,4,10-14H2,1-3H3/t17-/m0/s1. The summed E-state index contributed by atoms with van der Waals surface area (Å²) in [5.41, 5.74) is 5.16. The molecule has 2 aromatic heterocycles. The minimum absolute atomic E-state index is 0.00539. The van der Waals surface area contributed by atoms with Gasteiger partial charge in [-0.25, -0.2) is 4.98 Å². The molecule has 4 rings (SSSR count). The van der Waals surface area contributed by atoms with E-state index < -0.39 is 0 Å². The van der Waals surface area contributed by atoms with Gasteiger partial charge in [-0.1, -0.05) is 37.3 Å². The zero-order valence-corrected chi connectivity index (χ0v) is 18.7. The number of aryl methyl sites for hydroxylation is 1. The molecule has 1 amide bonds. The molecule has 7 heteroatoms. The summed E-state index contributed by atoms with van der Waals surface area (Å²) in [6.07, 6.45) is 3.85. The molecule has 0 spiro atoms. The van der Waals surface area contributed by atoms with Crippen LogP contribution < -0.4 is 5.32 Å². The predicted octanol–water partition coefficient (Wildman–Crippen LogP) is 3.77. The number of thiazole rings is 1. The minimum atomic E-state index is -0.00539. The van der Waals surface area contributed by atoms with Crippen LogP contribution in [0, 0.1) is 0 Å². The number of nitrogens with one attached hydrogen (secondary N) is 1. The summed E-state index contributed by atoms with van der Waals surface area (Å²) in [5.74, 6) is -0.00539. The molecule has 1 aliphatic carbocycles. The highest BCUT2D eigenvalue weighted by atomic mass is 32.1. The third-order valence-corrected chi connectivity index (χ3v) is 6.40. The lowest BCUT2D eigenvalue weighted by Crippen LogP contribution is -2.35. The number of hydrogen-bond acceptors (Lipinski definition) is 5. The average molecular weight is 424 g/mol. The Morgan fingerprint density at radius 2 is 2.10 bits per heavy atom. The average Bonchev–Trinajstić information content (AvgIpc) is 3.37. The largest absolute Gasteiger partial charge is 0.343 e. The number of aromatic nitrogens is 3. The fourth-order valence-corrected chi connectivity index (χ4v) is 4.76. The van der Waals surface area contributed by atoms with Crippen LogP contribution in [0.4, 0.5) is 0 Å². The summed E-state index contributed by atoms with van der Waals surface area (Å²) in [5, 5.41) is 11.6. The van der Waals surface area contributed by atoms with E-state index in [1.165, 1.54) is 5.69 Å². The Balaban J connectivity index is 1.45. The molecule has 1 aliphatic rings. The molecule has 30 heavy (non-hydrogen) atoms. The maximum atomic E-state index is 12.7. The Hall–Kier alpha value is -2.51. The topological polar surface area (TPSA) is 63.1 Å². The van der Waals surface area contributed by atoms with Crippen LogP contribution in [0.15, 0.2) is 35.7 Å². The third kappa shape index (κ3) is 4.32. The van der Waals surface area contributed by atoms with Crippen LogP contribution in [0.1, 0.15) is 46.5 Å². The molecule has 0 saturated heterocycles. The van der Waals surface area contributed by atoms with Crippen LogP contribution in [0.25, 0.3) is 11.3 Å². The van der Waals surface area contributed by atoms with Gasteiger partial charge in [0.2, 0.25) is 0 Å². The third-order valence-electron chi connectivity index (χ3n) is 5.55. The predicted molar refractivity (Wildman–Crippen MR) is 121 cm³/mol. The molecule has 0 unspecified atom stereocenters. The molecule has 1 aromatic carbocycles. The summed E-state index contributed by atoms with van der Waals surface area (Å²) in [6.45, 7) is 3.76. The van der Waals surface area contributed by atoms with Crippen LogP contribution in [-0.4, -0.2) is 45.7 Å². The van der Waals surface area contributed by atoms with Gasteiger partial charge in [0.25, 0.3) is 5.91 Å². The quantitative estimate of drug-likeness (QED) is 0.628. The van der Waals surface area contributed by atoms with Crippen molar-refractivity contribution in [3.05, 3.63) is 57.7 Å². The summed E-state index contributed by atoms with van der Waals surface area (Å²) in [4.78, 5) is 19.1. The van der Waals surface area contributed by atoms with Crippen molar-refractivity contribution in [2.75, 3.05) is 14.1 Å². The molecule has 2 heterocycles. The van der Waals surface area contributed by atoms with Crippen LogP contribution in [0.3, 0.4) is 0 Å². The molecule has 0 bridgehead atoms. The van der Waals surface area contributed by atoms with Crippen molar-refractivity contribution >= 4 is 17.2 Å². The summed E-state index contributed by atoms with van der Waals surface area (Å²) in [6, 6.07) is 10.6. The highest BCUT2D eigenvalue weighted by molar-refractivity contribution is 7.09. The van der Waals surface area contributed by atoms with E-state index in [9.17, 15) is 4.79 Å². The van der Waals surface area contributed by atoms with Crippen molar-refractivity contribution in [3.8, 4) is 11.3 Å². The van der Waals surface area contributed by atoms with Crippen molar-refractivity contribution in [3.63, 3.8) is 0 Å². The van der Waals surface area contributed by atoms with Gasteiger partial charge in [-0.05, 0) is 25.7 Å². The van der Waals surface area contributed by atoms with E-state index >= 15 is 0 Å². The first-order chi connectivity index (χ1) is 14.6. The van der Waals surface area contributed by atoms with Gasteiger partial charge in [0.05, 0.1) is 5.69 Å². The van der Waals surface area contributed by atoms with Gasteiger partial charge in [0.15, 0.2) is 5.69 Å². The molecule has 0 saturated carbocycles. The van der Waals surface area contributed by atoms with Gasteiger partial charge < -0.3 is 10.2 Å². The second-order valence-corrected chi connectivity index (χ2v) is 8.95. The minimum Gasteiger partial charge on any atom is -0.343 e. The number of carbonyl (C=O) groups excluding carboxylic acids is 1. The molecular weight excluding hydrogens is 394 g/mol. The fourth-order valence-electron chi connectivity index (χ4n) is 4.01. The summed E-state index contributed by atoms with van der Waals surface area (Å²) < 4.78 is 2.05. The lowest BCUT2D eigenvalue weighted by atomic mass is 9.91. The number of benzene rings is 1. The first-order valence-electron chi connectivity index (χ1n) is 10.6. The van der Waals surface area contributed by atoms with Gasteiger partial charge in [0.1, 0.15) is 5.01 Å². The Kier molecular flexibility index (Phi) is 6.29. The van der Waals surface area contributed by atoms with Crippen LogP contribution >= 0.6 is 11.3 Å². The molecule has 6 nitrogen and oxygen atoms in total. The van der Waals surface area contributed by atoms with Crippen molar-refractivity contribution in [2.24, 2.45) is 0 Å². The SMILES string of the molecule is CCCn1nc(C(=O)N(C)C)c2c1CC[C@H](NCc1nc(-c3ccccc3)cs1)C2. The number of fused-ring (bicyclic) bond motifs is 1. The van der Waals surface area contributed by atoms with E-state index in [-0.39, 0.29) is 5.91 Å². The van der Waals surface area contributed by atoms with Gasteiger partial charge >= 0.3 is 0 Å². The molecule has 1 atom stereocenters. The van der Waals surface area contributed by atoms with Crippen LogP contribution in [-0.2, 0) is 25.9 Å². The Bertz CT molecular complexity index is 1010. The summed E-state index contributed by atoms with van der Waals surface area (Å²) in [7, 11) is 3.58. The fraction of sp³-hybridized carbons (Fsp3) is 0.435. The lowest BCUT2D eigenvalue weighted by Gasteiger charge is -2.24. The first kappa shape index (κ1) is 20.8. The van der Waals surface area contributed by atoms with Crippen molar-refractivity contribution in [1.29, 1.82) is 0 Å². The van der Waals surface area contributed by atoms with Crippen molar-refractivity contribution in [2.45, 2.75) is 51.7 Å². The number of amides is 1. The Morgan fingerprint density at radius 3 is 2.83 bits per heavy atom. The van der Waals surface area contributed by atoms with E-state index in [1.807, 2.05) is 18.2 Å². The highest BCUT2D eigenvalue weighted by Crippen LogP contribution is 2.27. The summed E-state index contributed by atoms with van der Waals surface area (Å²) >= 11 is 1.69. The number of carbonyl (C=O) groups is 1. The normalized spacial score (nSPS) is 15.8. The van der Waals surface area contributed by atoms with Crippen LogP contribution in [0.5, 0.6) is 0 Å². The second kappa shape index (κ2) is 9.10. The maximum absolute atomic E-state index is 12.7. The van der Waals surface area contributed by atoms with Crippen molar-refractivity contribution < 1.29 is 4.79 Å². The molecular formula is C23H29N5OS. The van der Waals surface area contributed by atoms with Gasteiger partial charge in [-0.2, -0.15) is 5.10 Å². The lowest BCUT2D eigenvalue weighted by molar-refractivity contribution is 0.0819. The zero-order chi connectivity index (χ0) is 21.1. The van der Waals surface area contributed by atoms with Gasteiger partial charge in [-0.15, -0.1) is 11.3 Å². The molecule has 3 aromatic rings. The Morgan fingerprint density at radius 1 is 1.30 bits per heavy atom. The molecule has 0 fully saturated rings. The maximum Gasteiger partial charge on any atom is 0.274 e. The second-order valence-electron chi connectivity index (χ2n) is 8.01. The van der Waals surface area contributed by atoms with Gasteiger partial charge in [0, 0.05) is 55.4 Å². The first-order valence-corrected chi connectivity index (χ1v) is 11.5. The van der Waals surface area contributed by atoms with Crippen LogP contribution in [0.2, 0.25) is 0 Å². The Labute approximate surface area is 181 Å². The molecule has 158 valence electrons. The molecule has 0 radical (unpaired) electrons. The highest BCUT2D eigenvalue weighted by Gasteiger charge is 2.29. The van der Waals surface area contributed by atoms with Gasteiger partial charge in [-0.3, -0.25) is 9.48 Å². The van der Waals surface area contributed by atoms with E-state index in [4.69, 9.17) is 4.98 Å². The molecule has 0 aliphatic heterocycles.